The predicted molar refractivity (Wildman–Crippen MR) is 95.9 cm³/mol. The average Bonchev–Trinajstić information content (AvgIpc) is 2.56. The number of hydrogen-bond donors (Lipinski definition) is 2. The molecule has 3 rings (SSSR count). The molecule has 1 aromatic heterocycles. The van der Waals surface area contributed by atoms with E-state index in [1.165, 1.54) is 18.2 Å². The third-order valence-electron chi connectivity index (χ3n) is 3.29. The van der Waals surface area contributed by atoms with Crippen LogP contribution in [-0.4, -0.2) is 15.9 Å². The molecule has 0 bridgehead atoms. The van der Waals surface area contributed by atoms with E-state index in [4.69, 9.17) is 11.6 Å². The highest BCUT2D eigenvalue weighted by atomic mass is 35.5. The molecule has 2 aromatic carbocycles. The largest absolute Gasteiger partial charge is 0.324 e. The van der Waals surface area contributed by atoms with Crippen LogP contribution < -0.4 is 10.6 Å². The minimum atomic E-state index is -0.523. The van der Waals surface area contributed by atoms with Crippen molar-refractivity contribution in [2.24, 2.45) is 0 Å². The van der Waals surface area contributed by atoms with E-state index >= 15 is 0 Å². The van der Waals surface area contributed by atoms with Crippen molar-refractivity contribution < 1.29 is 9.18 Å². The van der Waals surface area contributed by atoms with E-state index in [0.717, 1.165) is 0 Å². The van der Waals surface area contributed by atoms with Gasteiger partial charge < -0.3 is 10.6 Å². The number of halogens is 2. The maximum atomic E-state index is 13.7. The fourth-order valence-corrected chi connectivity index (χ4v) is 2.38. The van der Waals surface area contributed by atoms with Crippen LogP contribution in [0.4, 0.5) is 21.7 Å². The molecular formula is C18H14ClFN4O. The number of carbonyl (C=O) groups is 1. The molecule has 0 atom stereocenters. The first-order valence-electron chi connectivity index (χ1n) is 7.45. The Labute approximate surface area is 148 Å². The van der Waals surface area contributed by atoms with Gasteiger partial charge >= 0.3 is 0 Å². The Morgan fingerprint density at radius 3 is 2.64 bits per heavy atom. The Balaban J connectivity index is 1.83. The van der Waals surface area contributed by atoms with Crippen LogP contribution in [0.3, 0.4) is 0 Å². The summed E-state index contributed by atoms with van der Waals surface area (Å²) in [6.45, 7) is 1.74. The van der Waals surface area contributed by atoms with Crippen LogP contribution in [-0.2, 0) is 0 Å². The van der Waals surface area contributed by atoms with E-state index in [1.54, 1.807) is 43.3 Å². The van der Waals surface area contributed by atoms with E-state index < -0.39 is 11.7 Å². The molecule has 5 nitrogen and oxygen atoms in total. The van der Waals surface area contributed by atoms with E-state index in [2.05, 4.69) is 20.6 Å². The summed E-state index contributed by atoms with van der Waals surface area (Å²) in [4.78, 5) is 20.8. The van der Waals surface area contributed by atoms with Crippen molar-refractivity contribution in [2.75, 3.05) is 10.6 Å². The number of aromatic nitrogens is 2. The quantitative estimate of drug-likeness (QED) is 0.718. The van der Waals surface area contributed by atoms with Crippen molar-refractivity contribution in [3.63, 3.8) is 0 Å². The second-order valence-electron chi connectivity index (χ2n) is 5.29. The number of rotatable bonds is 4. The number of hydrogen-bond acceptors (Lipinski definition) is 4. The first kappa shape index (κ1) is 16.9. The van der Waals surface area contributed by atoms with Crippen molar-refractivity contribution in [3.05, 3.63) is 76.8 Å². The summed E-state index contributed by atoms with van der Waals surface area (Å²) in [5, 5.41) is 6.06. The Bertz CT molecular complexity index is 932. The topological polar surface area (TPSA) is 66.9 Å². The maximum Gasteiger partial charge on any atom is 0.274 e. The lowest BCUT2D eigenvalue weighted by Crippen LogP contribution is -2.16. The molecule has 0 aliphatic heterocycles. The van der Waals surface area contributed by atoms with Crippen LogP contribution in [0.15, 0.2) is 54.6 Å². The number of amides is 1. The monoisotopic (exact) mass is 356 g/mol. The van der Waals surface area contributed by atoms with Crippen molar-refractivity contribution in [1.29, 1.82) is 0 Å². The van der Waals surface area contributed by atoms with Gasteiger partial charge in [-0.3, -0.25) is 4.79 Å². The molecule has 0 saturated heterocycles. The average molecular weight is 357 g/mol. The normalized spacial score (nSPS) is 10.4. The van der Waals surface area contributed by atoms with E-state index in [1.807, 2.05) is 0 Å². The fourth-order valence-electron chi connectivity index (χ4n) is 2.19. The first-order valence-corrected chi connectivity index (χ1v) is 7.83. The van der Waals surface area contributed by atoms with Crippen LogP contribution >= 0.6 is 11.6 Å². The number of nitrogens with zero attached hydrogens (tertiary/aromatic N) is 2. The highest BCUT2D eigenvalue weighted by Crippen LogP contribution is 2.19. The zero-order valence-electron chi connectivity index (χ0n) is 13.3. The summed E-state index contributed by atoms with van der Waals surface area (Å²) in [5.74, 6) is -0.787. The third-order valence-corrected chi connectivity index (χ3v) is 3.52. The number of aryl methyl sites for hydroxylation is 1. The lowest BCUT2D eigenvalue weighted by atomic mass is 10.2. The van der Waals surface area contributed by atoms with Crippen LogP contribution in [0.25, 0.3) is 0 Å². The van der Waals surface area contributed by atoms with Gasteiger partial charge in [-0.05, 0) is 43.3 Å². The number of nitrogens with one attached hydrogen (secondary N) is 2. The van der Waals surface area contributed by atoms with Crippen LogP contribution in [0.2, 0.25) is 5.02 Å². The molecule has 0 unspecified atom stereocenters. The van der Waals surface area contributed by atoms with Gasteiger partial charge in [-0.25, -0.2) is 14.4 Å². The predicted octanol–water partition coefficient (Wildman–Crippen LogP) is 4.57. The summed E-state index contributed by atoms with van der Waals surface area (Å²) in [6.07, 6.45) is 0. The molecule has 0 aliphatic rings. The zero-order chi connectivity index (χ0) is 17.8. The Morgan fingerprint density at radius 1 is 1.08 bits per heavy atom. The number of para-hydroxylation sites is 1. The summed E-state index contributed by atoms with van der Waals surface area (Å²) < 4.78 is 13.7. The minimum absolute atomic E-state index is 0.0908. The molecule has 25 heavy (non-hydrogen) atoms. The molecular weight excluding hydrogens is 343 g/mol. The molecule has 0 saturated carbocycles. The van der Waals surface area contributed by atoms with Gasteiger partial charge in [-0.1, -0.05) is 29.8 Å². The highest BCUT2D eigenvalue weighted by Gasteiger charge is 2.13. The number of benzene rings is 2. The third kappa shape index (κ3) is 4.30. The fraction of sp³-hybridized carbons (Fsp3) is 0.0556. The minimum Gasteiger partial charge on any atom is -0.324 e. The highest BCUT2D eigenvalue weighted by molar-refractivity contribution is 6.30. The number of anilines is 3. The smallest absolute Gasteiger partial charge is 0.274 e. The molecule has 3 aromatic rings. The van der Waals surface area contributed by atoms with E-state index in [-0.39, 0.29) is 17.3 Å². The Hall–Kier alpha value is -2.99. The molecule has 2 N–H and O–H groups in total. The molecule has 0 aliphatic carbocycles. The lowest BCUT2D eigenvalue weighted by Gasteiger charge is -2.09. The van der Waals surface area contributed by atoms with Crippen molar-refractivity contribution in [2.45, 2.75) is 6.92 Å². The summed E-state index contributed by atoms with van der Waals surface area (Å²) in [7, 11) is 0. The molecule has 126 valence electrons. The molecule has 0 fully saturated rings. The Morgan fingerprint density at radius 2 is 1.88 bits per heavy atom. The van der Waals surface area contributed by atoms with Gasteiger partial charge in [0.25, 0.3) is 5.91 Å². The van der Waals surface area contributed by atoms with Crippen molar-refractivity contribution in [3.8, 4) is 0 Å². The summed E-state index contributed by atoms with van der Waals surface area (Å²) in [6, 6.07) is 14.5. The van der Waals surface area contributed by atoms with Crippen molar-refractivity contribution in [1.82, 2.24) is 9.97 Å². The van der Waals surface area contributed by atoms with Gasteiger partial charge in [0.15, 0.2) is 0 Å². The standard InChI is InChI=1S/C18H14ClFN4O/c1-11-9-16(17(25)23-15-8-3-2-7-14(15)20)24-18(21-11)22-13-6-4-5-12(19)10-13/h2-10H,1H3,(H,23,25)(H,21,22,24). The second-order valence-corrected chi connectivity index (χ2v) is 5.72. The van der Waals surface area contributed by atoms with Gasteiger partial charge in [0, 0.05) is 16.4 Å². The van der Waals surface area contributed by atoms with Crippen LogP contribution in [0.1, 0.15) is 16.2 Å². The maximum absolute atomic E-state index is 13.7. The second kappa shape index (κ2) is 7.27. The summed E-state index contributed by atoms with van der Waals surface area (Å²) >= 11 is 5.95. The van der Waals surface area contributed by atoms with Crippen molar-refractivity contribution >= 4 is 34.8 Å². The molecule has 1 heterocycles. The zero-order valence-corrected chi connectivity index (χ0v) is 14.0. The van der Waals surface area contributed by atoms with Gasteiger partial charge in [0.2, 0.25) is 5.95 Å². The number of carbonyl (C=O) groups excluding carboxylic acids is 1. The molecule has 7 heteroatoms. The van der Waals surface area contributed by atoms with Gasteiger partial charge in [-0.2, -0.15) is 0 Å². The van der Waals surface area contributed by atoms with Gasteiger partial charge in [-0.15, -0.1) is 0 Å². The van der Waals surface area contributed by atoms with Crippen LogP contribution in [0.5, 0.6) is 0 Å². The molecule has 0 radical (unpaired) electrons. The van der Waals surface area contributed by atoms with E-state index in [0.29, 0.717) is 16.4 Å². The van der Waals surface area contributed by atoms with Gasteiger partial charge in [0.05, 0.1) is 5.69 Å². The SMILES string of the molecule is Cc1cc(C(=O)Nc2ccccc2F)nc(Nc2cccc(Cl)c2)n1. The van der Waals surface area contributed by atoms with Gasteiger partial charge in [0.1, 0.15) is 11.5 Å². The first-order chi connectivity index (χ1) is 12.0. The van der Waals surface area contributed by atoms with Crippen LogP contribution in [0, 0.1) is 12.7 Å². The Kier molecular flexibility index (Phi) is 4.90. The van der Waals surface area contributed by atoms with E-state index in [9.17, 15) is 9.18 Å². The molecule has 1 amide bonds. The summed E-state index contributed by atoms with van der Waals surface area (Å²) in [5.41, 5.74) is 1.50. The molecule has 0 spiro atoms. The lowest BCUT2D eigenvalue weighted by molar-refractivity contribution is 0.102.